The molecule has 1 heterocycles. The van der Waals surface area contributed by atoms with Gasteiger partial charge in [0.2, 0.25) is 5.95 Å². The molecule has 0 saturated carbocycles. The van der Waals surface area contributed by atoms with E-state index in [0.29, 0.717) is 37.1 Å². The highest BCUT2D eigenvalue weighted by atomic mass is 79.9. The molecule has 0 spiro atoms. The Morgan fingerprint density at radius 3 is 2.33 bits per heavy atom. The monoisotopic (exact) mass is 366 g/mol. The van der Waals surface area contributed by atoms with Crippen molar-refractivity contribution >= 4 is 68.2 Å². The third-order valence-electron chi connectivity index (χ3n) is 1.97. The molecule has 94 valence electrons. The number of hydrogen-bond donors (Lipinski definition) is 2. The Morgan fingerprint density at radius 2 is 1.67 bits per heavy atom. The second kappa shape index (κ2) is 5.48. The number of anilines is 3. The van der Waals surface area contributed by atoms with Crippen molar-refractivity contribution in [2.75, 3.05) is 11.1 Å². The van der Waals surface area contributed by atoms with Crippen molar-refractivity contribution in [1.82, 2.24) is 9.97 Å². The molecule has 1 aromatic heterocycles. The van der Waals surface area contributed by atoms with E-state index in [0.717, 1.165) is 0 Å². The van der Waals surface area contributed by atoms with E-state index < -0.39 is 0 Å². The topological polar surface area (TPSA) is 63.8 Å². The molecule has 0 bridgehead atoms. The first-order valence-electron chi connectivity index (χ1n) is 4.67. The predicted octanol–water partition coefficient (Wildman–Crippen LogP) is 4.53. The summed E-state index contributed by atoms with van der Waals surface area (Å²) in [5.41, 5.74) is 6.15. The number of halogens is 4. The number of rotatable bonds is 2. The highest BCUT2D eigenvalue weighted by molar-refractivity contribution is 9.10. The Hall–Kier alpha value is -0.750. The summed E-state index contributed by atoms with van der Waals surface area (Å²) in [4.78, 5) is 8.12. The SMILES string of the molecule is Nc1cc(Br)nc(Nc2cc(Cl)c(Cl)cc2Cl)n1. The van der Waals surface area contributed by atoms with Crippen LogP contribution in [0.25, 0.3) is 0 Å². The highest BCUT2D eigenvalue weighted by Gasteiger charge is 2.08. The van der Waals surface area contributed by atoms with E-state index in [4.69, 9.17) is 40.5 Å². The zero-order chi connectivity index (χ0) is 13.3. The molecule has 0 aliphatic rings. The lowest BCUT2D eigenvalue weighted by atomic mass is 10.3. The Balaban J connectivity index is 2.36. The molecule has 0 radical (unpaired) electrons. The van der Waals surface area contributed by atoms with Crippen LogP contribution in [0.1, 0.15) is 0 Å². The van der Waals surface area contributed by atoms with Crippen LogP contribution in [0.15, 0.2) is 22.8 Å². The predicted molar refractivity (Wildman–Crippen MR) is 78.9 cm³/mol. The Labute approximate surface area is 127 Å². The van der Waals surface area contributed by atoms with Crippen molar-refractivity contribution in [2.24, 2.45) is 0 Å². The van der Waals surface area contributed by atoms with E-state index in [1.54, 1.807) is 12.1 Å². The Bertz CT molecular complexity index is 586. The van der Waals surface area contributed by atoms with Crippen LogP contribution < -0.4 is 11.1 Å². The molecule has 2 aromatic rings. The van der Waals surface area contributed by atoms with Gasteiger partial charge in [0, 0.05) is 6.07 Å². The summed E-state index contributed by atoms with van der Waals surface area (Å²) in [5.74, 6) is 0.637. The van der Waals surface area contributed by atoms with Crippen LogP contribution in [0.3, 0.4) is 0 Å². The molecule has 2 rings (SSSR count). The van der Waals surface area contributed by atoms with Crippen LogP contribution in [0.2, 0.25) is 15.1 Å². The lowest BCUT2D eigenvalue weighted by Gasteiger charge is -2.09. The van der Waals surface area contributed by atoms with Gasteiger partial charge in [0.25, 0.3) is 0 Å². The van der Waals surface area contributed by atoms with Gasteiger partial charge in [0.05, 0.1) is 20.8 Å². The maximum Gasteiger partial charge on any atom is 0.230 e. The third kappa shape index (κ3) is 3.17. The van der Waals surface area contributed by atoms with Crippen LogP contribution >= 0.6 is 50.7 Å². The minimum atomic E-state index is 0.308. The molecule has 18 heavy (non-hydrogen) atoms. The van der Waals surface area contributed by atoms with Gasteiger partial charge in [0.1, 0.15) is 10.4 Å². The van der Waals surface area contributed by atoms with Gasteiger partial charge in [-0.15, -0.1) is 0 Å². The van der Waals surface area contributed by atoms with E-state index in [-0.39, 0.29) is 0 Å². The molecular formula is C10H6BrCl3N4. The fraction of sp³-hybridized carbons (Fsp3) is 0. The minimum Gasteiger partial charge on any atom is -0.383 e. The molecular weight excluding hydrogens is 362 g/mol. The van der Waals surface area contributed by atoms with Crippen LogP contribution in [-0.2, 0) is 0 Å². The number of nitrogens with one attached hydrogen (secondary N) is 1. The van der Waals surface area contributed by atoms with Crippen molar-refractivity contribution < 1.29 is 0 Å². The maximum absolute atomic E-state index is 6.03. The summed E-state index contributed by atoms with van der Waals surface area (Å²) in [5, 5.41) is 4.08. The molecule has 0 aliphatic carbocycles. The van der Waals surface area contributed by atoms with Gasteiger partial charge in [-0.1, -0.05) is 34.8 Å². The third-order valence-corrected chi connectivity index (χ3v) is 3.41. The zero-order valence-corrected chi connectivity index (χ0v) is 12.6. The van der Waals surface area contributed by atoms with Crippen molar-refractivity contribution in [3.05, 3.63) is 37.9 Å². The summed E-state index contributed by atoms with van der Waals surface area (Å²) in [6, 6.07) is 4.71. The van der Waals surface area contributed by atoms with Gasteiger partial charge in [-0.25, -0.2) is 4.98 Å². The molecule has 0 unspecified atom stereocenters. The molecule has 0 fully saturated rings. The number of nitrogens with zero attached hydrogens (tertiary/aromatic N) is 2. The molecule has 0 saturated heterocycles. The van der Waals surface area contributed by atoms with Gasteiger partial charge >= 0.3 is 0 Å². The van der Waals surface area contributed by atoms with Gasteiger partial charge in [-0.05, 0) is 28.1 Å². The van der Waals surface area contributed by atoms with Crippen LogP contribution in [0, 0.1) is 0 Å². The molecule has 4 nitrogen and oxygen atoms in total. The fourth-order valence-corrected chi connectivity index (χ4v) is 2.23. The number of nitrogen functional groups attached to an aromatic ring is 1. The van der Waals surface area contributed by atoms with Crippen molar-refractivity contribution in [1.29, 1.82) is 0 Å². The van der Waals surface area contributed by atoms with Gasteiger partial charge < -0.3 is 11.1 Å². The van der Waals surface area contributed by atoms with E-state index in [9.17, 15) is 0 Å². The molecule has 0 amide bonds. The number of aromatic nitrogens is 2. The average Bonchev–Trinajstić information content (AvgIpc) is 2.24. The van der Waals surface area contributed by atoms with Crippen molar-refractivity contribution in [3.63, 3.8) is 0 Å². The molecule has 0 atom stereocenters. The molecule has 8 heteroatoms. The lowest BCUT2D eigenvalue weighted by Crippen LogP contribution is -2.01. The fourth-order valence-electron chi connectivity index (χ4n) is 1.23. The molecule has 1 aromatic carbocycles. The minimum absolute atomic E-state index is 0.308. The standard InChI is InChI=1S/C10H6BrCl3N4/c11-8-3-9(15)18-10(17-8)16-7-2-5(13)4(12)1-6(7)14/h1-3H,(H3,15,16,17,18). The first-order chi connectivity index (χ1) is 8.45. The second-order valence-corrected chi connectivity index (χ2v) is 5.34. The van der Waals surface area contributed by atoms with E-state index in [2.05, 4.69) is 31.2 Å². The highest BCUT2D eigenvalue weighted by Crippen LogP contribution is 2.33. The van der Waals surface area contributed by atoms with E-state index >= 15 is 0 Å². The largest absolute Gasteiger partial charge is 0.383 e. The average molecular weight is 368 g/mol. The molecule has 3 N–H and O–H groups in total. The Morgan fingerprint density at radius 1 is 1.00 bits per heavy atom. The van der Waals surface area contributed by atoms with E-state index in [1.807, 2.05) is 0 Å². The smallest absolute Gasteiger partial charge is 0.230 e. The van der Waals surface area contributed by atoms with E-state index in [1.165, 1.54) is 6.07 Å². The first-order valence-corrected chi connectivity index (χ1v) is 6.60. The van der Waals surface area contributed by atoms with Gasteiger partial charge in [-0.3, -0.25) is 0 Å². The van der Waals surface area contributed by atoms with Crippen molar-refractivity contribution in [3.8, 4) is 0 Å². The van der Waals surface area contributed by atoms with Crippen LogP contribution in [0.5, 0.6) is 0 Å². The number of nitrogens with two attached hydrogens (primary N) is 1. The van der Waals surface area contributed by atoms with Gasteiger partial charge in [-0.2, -0.15) is 4.98 Å². The number of hydrogen-bond acceptors (Lipinski definition) is 4. The van der Waals surface area contributed by atoms with Crippen LogP contribution in [0.4, 0.5) is 17.5 Å². The summed E-state index contributed by atoms with van der Waals surface area (Å²) < 4.78 is 0.564. The first kappa shape index (κ1) is 13.7. The summed E-state index contributed by atoms with van der Waals surface area (Å²) in [6.45, 7) is 0. The Kier molecular flexibility index (Phi) is 4.17. The molecule has 0 aliphatic heterocycles. The summed E-state index contributed by atoms with van der Waals surface area (Å²) in [7, 11) is 0. The van der Waals surface area contributed by atoms with Crippen LogP contribution in [-0.4, -0.2) is 9.97 Å². The van der Waals surface area contributed by atoms with Gasteiger partial charge in [0.15, 0.2) is 0 Å². The summed E-state index contributed by atoms with van der Waals surface area (Å²) >= 11 is 21.0. The second-order valence-electron chi connectivity index (χ2n) is 3.31. The summed E-state index contributed by atoms with van der Waals surface area (Å²) in [6.07, 6.45) is 0. The normalized spacial score (nSPS) is 10.4. The lowest BCUT2D eigenvalue weighted by molar-refractivity contribution is 1.15. The maximum atomic E-state index is 6.03. The zero-order valence-electron chi connectivity index (χ0n) is 8.72. The number of benzene rings is 1. The van der Waals surface area contributed by atoms with Crippen molar-refractivity contribution in [2.45, 2.75) is 0 Å². The quantitative estimate of drug-likeness (QED) is 0.604.